The first-order valence-corrected chi connectivity index (χ1v) is 8.35. The van der Waals surface area contributed by atoms with Crippen LogP contribution in [0.5, 0.6) is 11.5 Å². The van der Waals surface area contributed by atoms with Crippen LogP contribution < -0.4 is 4.74 Å². The van der Waals surface area contributed by atoms with Crippen molar-refractivity contribution in [3.63, 3.8) is 0 Å². The van der Waals surface area contributed by atoms with Gasteiger partial charge in [0.1, 0.15) is 24.3 Å². The number of aromatic hydroxyl groups is 1. The quantitative estimate of drug-likeness (QED) is 0.597. The molecule has 0 bridgehead atoms. The Kier molecular flexibility index (Phi) is 6.92. The number of halogens is 1. The molecule has 1 atom stereocenters. The first-order chi connectivity index (χ1) is 11.2. The summed E-state index contributed by atoms with van der Waals surface area (Å²) in [7, 11) is 0. The summed E-state index contributed by atoms with van der Waals surface area (Å²) in [5.41, 5.74) is 2.06. The van der Waals surface area contributed by atoms with Crippen molar-refractivity contribution in [2.75, 3.05) is 6.61 Å². The minimum atomic E-state index is -0.899. The fraction of sp³-hybridized carbons (Fsp3) is 0.400. The largest absolute Gasteiger partial charge is 0.508 e. The van der Waals surface area contributed by atoms with Crippen molar-refractivity contribution >= 4 is 0 Å². The fourth-order valence-electron chi connectivity index (χ4n) is 2.46. The summed E-state index contributed by atoms with van der Waals surface area (Å²) in [6.45, 7) is 2.27. The first kappa shape index (κ1) is 17.3. The number of rotatable bonds is 9. The Hall–Kier alpha value is -2.03. The van der Waals surface area contributed by atoms with Gasteiger partial charge in [-0.05, 0) is 41.8 Å². The molecule has 0 spiro atoms. The number of hydrogen-bond acceptors (Lipinski definition) is 2. The van der Waals surface area contributed by atoms with Crippen LogP contribution in [0.4, 0.5) is 4.39 Å². The van der Waals surface area contributed by atoms with Crippen LogP contribution in [0, 0.1) is 0 Å². The molecular weight excluding hydrogens is 291 g/mol. The Morgan fingerprint density at radius 3 is 2.13 bits per heavy atom. The third-order valence-electron chi connectivity index (χ3n) is 3.86. The van der Waals surface area contributed by atoms with Crippen LogP contribution in [0.25, 0.3) is 11.1 Å². The summed E-state index contributed by atoms with van der Waals surface area (Å²) < 4.78 is 19.3. The Bertz CT molecular complexity index is 563. The van der Waals surface area contributed by atoms with E-state index in [-0.39, 0.29) is 12.4 Å². The molecule has 2 nitrogen and oxygen atoms in total. The van der Waals surface area contributed by atoms with Gasteiger partial charge in [-0.1, -0.05) is 56.9 Å². The summed E-state index contributed by atoms with van der Waals surface area (Å²) in [4.78, 5) is 0. The second-order valence-electron chi connectivity index (χ2n) is 5.83. The molecule has 0 saturated carbocycles. The standard InChI is InChI=1S/C20H25FO2/c1-2-3-4-5-6-18(21)15-23-20-13-9-17(10-14-20)16-7-11-19(22)12-8-16/h7-14,18,22H,2-6,15H2,1H3/t18-/m0/s1. The number of ether oxygens (including phenoxy) is 1. The lowest BCUT2D eigenvalue weighted by molar-refractivity contribution is 0.184. The maximum Gasteiger partial charge on any atom is 0.134 e. The number of hydrogen-bond donors (Lipinski definition) is 1. The molecular formula is C20H25FO2. The highest BCUT2D eigenvalue weighted by molar-refractivity contribution is 5.64. The first-order valence-electron chi connectivity index (χ1n) is 8.35. The van der Waals surface area contributed by atoms with Gasteiger partial charge >= 0.3 is 0 Å². The highest BCUT2D eigenvalue weighted by Crippen LogP contribution is 2.24. The van der Waals surface area contributed by atoms with Crippen LogP contribution in [0.2, 0.25) is 0 Å². The molecule has 0 aliphatic rings. The van der Waals surface area contributed by atoms with E-state index in [9.17, 15) is 9.50 Å². The predicted octanol–water partition coefficient (Wildman–Crippen LogP) is 5.75. The van der Waals surface area contributed by atoms with E-state index < -0.39 is 6.17 Å². The molecule has 0 fully saturated rings. The molecule has 0 amide bonds. The van der Waals surface area contributed by atoms with Crippen LogP contribution in [-0.2, 0) is 0 Å². The number of phenols is 1. The van der Waals surface area contributed by atoms with Crippen molar-refractivity contribution in [2.45, 2.75) is 45.2 Å². The van der Waals surface area contributed by atoms with Crippen LogP contribution in [-0.4, -0.2) is 17.9 Å². The molecule has 0 aromatic heterocycles. The van der Waals surface area contributed by atoms with Crippen molar-refractivity contribution in [3.8, 4) is 22.6 Å². The van der Waals surface area contributed by atoms with Gasteiger partial charge in [-0.15, -0.1) is 0 Å². The van der Waals surface area contributed by atoms with Crippen molar-refractivity contribution < 1.29 is 14.2 Å². The topological polar surface area (TPSA) is 29.5 Å². The second kappa shape index (κ2) is 9.19. The van der Waals surface area contributed by atoms with Crippen molar-refractivity contribution in [3.05, 3.63) is 48.5 Å². The zero-order valence-corrected chi connectivity index (χ0v) is 13.7. The Morgan fingerprint density at radius 1 is 0.913 bits per heavy atom. The van der Waals surface area contributed by atoms with Crippen molar-refractivity contribution in [2.24, 2.45) is 0 Å². The van der Waals surface area contributed by atoms with E-state index in [1.165, 1.54) is 12.8 Å². The molecule has 0 aliphatic carbocycles. The zero-order valence-electron chi connectivity index (χ0n) is 13.7. The van der Waals surface area contributed by atoms with Gasteiger partial charge in [-0.25, -0.2) is 4.39 Å². The van der Waals surface area contributed by atoms with Crippen LogP contribution in [0.15, 0.2) is 48.5 Å². The smallest absolute Gasteiger partial charge is 0.134 e. The van der Waals surface area contributed by atoms with Gasteiger partial charge in [0, 0.05) is 0 Å². The fourth-order valence-corrected chi connectivity index (χ4v) is 2.46. The van der Waals surface area contributed by atoms with E-state index in [1.54, 1.807) is 12.1 Å². The molecule has 0 heterocycles. The molecule has 0 saturated heterocycles. The van der Waals surface area contributed by atoms with E-state index in [0.717, 1.165) is 24.0 Å². The lowest BCUT2D eigenvalue weighted by Crippen LogP contribution is -2.12. The normalized spacial score (nSPS) is 12.1. The molecule has 2 aromatic carbocycles. The number of benzene rings is 2. The minimum Gasteiger partial charge on any atom is -0.508 e. The maximum atomic E-state index is 13.7. The Morgan fingerprint density at radius 2 is 1.52 bits per heavy atom. The molecule has 0 unspecified atom stereocenters. The highest BCUT2D eigenvalue weighted by Gasteiger charge is 2.07. The average Bonchev–Trinajstić information content (AvgIpc) is 2.58. The molecule has 23 heavy (non-hydrogen) atoms. The van der Waals surface area contributed by atoms with E-state index in [2.05, 4.69) is 6.92 Å². The molecule has 2 rings (SSSR count). The number of alkyl halides is 1. The zero-order chi connectivity index (χ0) is 16.5. The van der Waals surface area contributed by atoms with Gasteiger partial charge in [0.2, 0.25) is 0 Å². The van der Waals surface area contributed by atoms with Crippen LogP contribution in [0.3, 0.4) is 0 Å². The molecule has 124 valence electrons. The van der Waals surface area contributed by atoms with Crippen molar-refractivity contribution in [1.82, 2.24) is 0 Å². The third kappa shape index (κ3) is 5.93. The molecule has 2 aromatic rings. The Balaban J connectivity index is 1.79. The van der Waals surface area contributed by atoms with Gasteiger partial charge in [-0.3, -0.25) is 0 Å². The Labute approximate surface area is 137 Å². The van der Waals surface area contributed by atoms with Crippen LogP contribution >= 0.6 is 0 Å². The van der Waals surface area contributed by atoms with Gasteiger partial charge in [0.05, 0.1) is 0 Å². The minimum absolute atomic E-state index is 0.116. The lowest BCUT2D eigenvalue weighted by Gasteiger charge is -2.11. The highest BCUT2D eigenvalue weighted by atomic mass is 19.1. The summed E-state index contributed by atoms with van der Waals surface area (Å²) in [6.07, 6.45) is 4.04. The van der Waals surface area contributed by atoms with E-state index in [0.29, 0.717) is 12.2 Å². The van der Waals surface area contributed by atoms with Gasteiger partial charge in [-0.2, -0.15) is 0 Å². The third-order valence-corrected chi connectivity index (χ3v) is 3.86. The number of phenolic OH excluding ortho intramolecular Hbond substituents is 1. The van der Waals surface area contributed by atoms with Gasteiger partial charge in [0.15, 0.2) is 0 Å². The van der Waals surface area contributed by atoms with Crippen molar-refractivity contribution in [1.29, 1.82) is 0 Å². The summed E-state index contributed by atoms with van der Waals surface area (Å²) in [5, 5.41) is 9.31. The van der Waals surface area contributed by atoms with E-state index in [1.807, 2.05) is 36.4 Å². The van der Waals surface area contributed by atoms with Gasteiger partial charge < -0.3 is 9.84 Å². The summed E-state index contributed by atoms with van der Waals surface area (Å²) in [5.74, 6) is 0.936. The second-order valence-corrected chi connectivity index (χ2v) is 5.83. The van der Waals surface area contributed by atoms with Crippen LogP contribution in [0.1, 0.15) is 39.0 Å². The maximum absolute atomic E-state index is 13.7. The van der Waals surface area contributed by atoms with Gasteiger partial charge in [0.25, 0.3) is 0 Å². The molecule has 0 aliphatic heterocycles. The summed E-state index contributed by atoms with van der Waals surface area (Å²) in [6, 6.07) is 14.6. The number of unbranched alkanes of at least 4 members (excludes halogenated alkanes) is 3. The summed E-state index contributed by atoms with van der Waals surface area (Å²) >= 11 is 0. The molecule has 0 radical (unpaired) electrons. The molecule has 3 heteroatoms. The predicted molar refractivity (Wildman–Crippen MR) is 92.7 cm³/mol. The van der Waals surface area contributed by atoms with E-state index >= 15 is 0 Å². The lowest BCUT2D eigenvalue weighted by atomic mass is 10.1. The molecule has 1 N–H and O–H groups in total. The monoisotopic (exact) mass is 316 g/mol. The average molecular weight is 316 g/mol. The SMILES string of the molecule is CCCCCC[C@H](F)COc1ccc(-c2ccc(O)cc2)cc1. The van der Waals surface area contributed by atoms with E-state index in [4.69, 9.17) is 4.74 Å².